The second-order valence-corrected chi connectivity index (χ2v) is 2.94. The summed E-state index contributed by atoms with van der Waals surface area (Å²) in [5.41, 5.74) is 1.04. The second kappa shape index (κ2) is 2.65. The molecule has 0 saturated carbocycles. The van der Waals surface area contributed by atoms with E-state index in [-0.39, 0.29) is 5.75 Å². The van der Waals surface area contributed by atoms with Gasteiger partial charge in [0.2, 0.25) is 0 Å². The van der Waals surface area contributed by atoms with Crippen LogP contribution in [0.4, 0.5) is 0 Å². The van der Waals surface area contributed by atoms with Crippen LogP contribution in [0.25, 0.3) is 5.82 Å². The Kier molecular flexibility index (Phi) is 1.61. The van der Waals surface area contributed by atoms with Gasteiger partial charge in [-0.25, -0.2) is 9.36 Å². The summed E-state index contributed by atoms with van der Waals surface area (Å²) in [5, 5.41) is 17.4. The fraction of sp³-hybridized carbons (Fsp3) is 0.143. The number of rotatable bonds is 1. The van der Waals surface area contributed by atoms with E-state index in [4.69, 9.17) is 0 Å². The summed E-state index contributed by atoms with van der Waals surface area (Å²) in [6, 6.07) is 0. The Bertz CT molecular complexity index is 414. The van der Waals surface area contributed by atoms with Crippen molar-refractivity contribution in [2.45, 2.75) is 0 Å². The van der Waals surface area contributed by atoms with E-state index in [0.717, 1.165) is 5.46 Å². The van der Waals surface area contributed by atoms with Gasteiger partial charge in [-0.15, -0.1) is 0 Å². The predicted molar refractivity (Wildman–Crippen MR) is 50.2 cm³/mol. The Labute approximate surface area is 76.0 Å². The molecule has 2 heterocycles. The molecule has 1 N–H and O–H groups in total. The molecule has 0 saturated heterocycles. The molecule has 0 aliphatic heterocycles. The lowest BCUT2D eigenvalue weighted by atomic mass is 10.0. The Hall–Kier alpha value is -1.72. The lowest BCUT2D eigenvalue weighted by Crippen LogP contribution is -2.04. The Morgan fingerprint density at radius 2 is 2.15 bits per heavy atom. The highest BCUT2D eigenvalue weighted by Crippen LogP contribution is 2.17. The van der Waals surface area contributed by atoms with Gasteiger partial charge in [0.25, 0.3) is 0 Å². The van der Waals surface area contributed by atoms with Crippen molar-refractivity contribution in [3.8, 4) is 11.6 Å². The molecule has 0 spiro atoms. The molecule has 0 bridgehead atoms. The molecule has 0 aromatic carbocycles. The maximum absolute atomic E-state index is 9.45. The second-order valence-electron chi connectivity index (χ2n) is 2.94. The molecule has 2 aromatic heterocycles. The molecule has 0 radical (unpaired) electrons. The molecular formula is C7H9BN4O. The zero-order chi connectivity index (χ0) is 9.42. The van der Waals surface area contributed by atoms with Gasteiger partial charge in [0.05, 0.1) is 6.20 Å². The standard InChI is InChI=1S/C7H9BN4O/c1-11-7(6(13)3-9-11)12-4-5(8)2-10-12/h2-4,13H,8H2,1H3. The molecule has 66 valence electrons. The van der Waals surface area contributed by atoms with Gasteiger partial charge in [0.1, 0.15) is 7.85 Å². The van der Waals surface area contributed by atoms with Crippen molar-refractivity contribution in [3.05, 3.63) is 18.6 Å². The van der Waals surface area contributed by atoms with E-state index < -0.39 is 0 Å². The number of aromatic nitrogens is 4. The predicted octanol–water partition coefficient (Wildman–Crippen LogP) is -1.43. The van der Waals surface area contributed by atoms with Crippen LogP contribution < -0.4 is 5.46 Å². The first-order valence-electron chi connectivity index (χ1n) is 3.91. The van der Waals surface area contributed by atoms with Gasteiger partial charge in [-0.2, -0.15) is 10.2 Å². The van der Waals surface area contributed by atoms with Crippen LogP contribution in [0.3, 0.4) is 0 Å². The highest BCUT2D eigenvalue weighted by Gasteiger charge is 2.09. The molecule has 6 heteroatoms. The van der Waals surface area contributed by atoms with Crippen molar-refractivity contribution in [2.24, 2.45) is 7.05 Å². The third-order valence-corrected chi connectivity index (χ3v) is 1.82. The smallest absolute Gasteiger partial charge is 0.194 e. The molecule has 5 nitrogen and oxygen atoms in total. The van der Waals surface area contributed by atoms with E-state index in [1.165, 1.54) is 6.20 Å². The monoisotopic (exact) mass is 176 g/mol. The molecule has 0 unspecified atom stereocenters. The van der Waals surface area contributed by atoms with Crippen LogP contribution >= 0.6 is 0 Å². The van der Waals surface area contributed by atoms with Crippen LogP contribution in [0.5, 0.6) is 5.75 Å². The minimum atomic E-state index is 0.130. The van der Waals surface area contributed by atoms with E-state index in [2.05, 4.69) is 10.2 Å². The van der Waals surface area contributed by atoms with Crippen LogP contribution in [0, 0.1) is 0 Å². The molecule has 0 aliphatic rings. The third-order valence-electron chi connectivity index (χ3n) is 1.82. The summed E-state index contributed by atoms with van der Waals surface area (Å²) in [5.74, 6) is 0.707. The number of hydrogen-bond acceptors (Lipinski definition) is 3. The highest BCUT2D eigenvalue weighted by atomic mass is 16.3. The van der Waals surface area contributed by atoms with Gasteiger partial charge in [-0.1, -0.05) is 5.46 Å². The summed E-state index contributed by atoms with van der Waals surface area (Å²) in [7, 11) is 3.70. The van der Waals surface area contributed by atoms with E-state index in [9.17, 15) is 5.11 Å². The van der Waals surface area contributed by atoms with Crippen LogP contribution in [-0.2, 0) is 7.05 Å². The zero-order valence-electron chi connectivity index (χ0n) is 7.47. The molecule has 0 aliphatic carbocycles. The van der Waals surface area contributed by atoms with Crippen molar-refractivity contribution >= 4 is 13.3 Å². The van der Waals surface area contributed by atoms with Gasteiger partial charge in [0, 0.05) is 19.4 Å². The van der Waals surface area contributed by atoms with Crippen molar-refractivity contribution in [3.63, 3.8) is 0 Å². The summed E-state index contributed by atoms with van der Waals surface area (Å²) < 4.78 is 3.17. The summed E-state index contributed by atoms with van der Waals surface area (Å²) in [6.45, 7) is 0. The molecule has 0 atom stereocenters. The summed E-state index contributed by atoms with van der Waals surface area (Å²) in [4.78, 5) is 0. The van der Waals surface area contributed by atoms with Crippen molar-refractivity contribution < 1.29 is 5.11 Å². The molecule has 2 aromatic rings. The average Bonchev–Trinajstić information content (AvgIpc) is 2.60. The van der Waals surface area contributed by atoms with Crippen LogP contribution in [0.2, 0.25) is 0 Å². The minimum Gasteiger partial charge on any atom is -0.503 e. The van der Waals surface area contributed by atoms with E-state index in [0.29, 0.717) is 5.82 Å². The first kappa shape index (κ1) is 7.91. The van der Waals surface area contributed by atoms with E-state index in [1.807, 2.05) is 14.0 Å². The highest BCUT2D eigenvalue weighted by molar-refractivity contribution is 6.31. The number of nitrogens with zero attached hydrogens (tertiary/aromatic N) is 4. The Morgan fingerprint density at radius 3 is 2.62 bits per heavy atom. The lowest BCUT2D eigenvalue weighted by molar-refractivity contribution is 0.468. The fourth-order valence-electron chi connectivity index (χ4n) is 1.21. The number of hydrogen-bond donors (Lipinski definition) is 1. The quantitative estimate of drug-likeness (QED) is 0.542. The largest absolute Gasteiger partial charge is 0.503 e. The molecular weight excluding hydrogens is 167 g/mol. The molecule has 0 fully saturated rings. The van der Waals surface area contributed by atoms with Gasteiger partial charge in [0.15, 0.2) is 11.6 Å². The van der Waals surface area contributed by atoms with Crippen molar-refractivity contribution in [1.29, 1.82) is 0 Å². The van der Waals surface area contributed by atoms with Gasteiger partial charge < -0.3 is 5.11 Å². The normalized spacial score (nSPS) is 10.5. The van der Waals surface area contributed by atoms with Crippen LogP contribution in [-0.4, -0.2) is 32.5 Å². The zero-order valence-corrected chi connectivity index (χ0v) is 7.47. The van der Waals surface area contributed by atoms with Gasteiger partial charge >= 0.3 is 0 Å². The van der Waals surface area contributed by atoms with E-state index in [1.54, 1.807) is 22.6 Å². The minimum absolute atomic E-state index is 0.130. The maximum Gasteiger partial charge on any atom is 0.194 e. The molecule has 2 rings (SSSR count). The first-order valence-corrected chi connectivity index (χ1v) is 3.91. The number of aromatic hydroxyl groups is 1. The Balaban J connectivity index is 2.57. The Morgan fingerprint density at radius 1 is 1.38 bits per heavy atom. The van der Waals surface area contributed by atoms with E-state index >= 15 is 0 Å². The first-order chi connectivity index (χ1) is 6.18. The summed E-state index contributed by atoms with van der Waals surface area (Å²) >= 11 is 0. The number of aryl methyl sites for hydroxylation is 1. The van der Waals surface area contributed by atoms with Gasteiger partial charge in [-0.05, 0) is 0 Å². The fourth-order valence-corrected chi connectivity index (χ4v) is 1.21. The lowest BCUT2D eigenvalue weighted by Gasteiger charge is -2.01. The topological polar surface area (TPSA) is 55.9 Å². The molecule has 13 heavy (non-hydrogen) atoms. The van der Waals surface area contributed by atoms with Crippen molar-refractivity contribution in [2.75, 3.05) is 0 Å². The SMILES string of the molecule is Bc1cnn(-c2c(O)cnn2C)c1. The van der Waals surface area contributed by atoms with Crippen molar-refractivity contribution in [1.82, 2.24) is 19.6 Å². The van der Waals surface area contributed by atoms with Crippen LogP contribution in [0.15, 0.2) is 18.6 Å². The third kappa shape index (κ3) is 1.20. The average molecular weight is 176 g/mol. The van der Waals surface area contributed by atoms with Crippen LogP contribution in [0.1, 0.15) is 0 Å². The summed E-state index contributed by atoms with van der Waals surface area (Å²) in [6.07, 6.45) is 4.95. The molecule has 0 amide bonds. The van der Waals surface area contributed by atoms with Gasteiger partial charge in [-0.3, -0.25) is 0 Å². The maximum atomic E-state index is 9.45.